The van der Waals surface area contributed by atoms with Gasteiger partial charge in [0.15, 0.2) is 6.10 Å². The van der Waals surface area contributed by atoms with Crippen molar-refractivity contribution in [2.75, 3.05) is 6.54 Å². The van der Waals surface area contributed by atoms with E-state index in [1.54, 1.807) is 18.2 Å². The zero-order valence-corrected chi connectivity index (χ0v) is 12.4. The maximum Gasteiger partial charge on any atom is 0.332 e. The molecule has 7 heteroatoms. The smallest absolute Gasteiger partial charge is 0.332 e. The highest BCUT2D eigenvalue weighted by molar-refractivity contribution is 9.11. The summed E-state index contributed by atoms with van der Waals surface area (Å²) in [5, 5.41) is 20.0. The van der Waals surface area contributed by atoms with E-state index in [4.69, 9.17) is 10.2 Å². The van der Waals surface area contributed by atoms with Gasteiger partial charge in [0.1, 0.15) is 0 Å². The van der Waals surface area contributed by atoms with Gasteiger partial charge in [0.2, 0.25) is 0 Å². The summed E-state index contributed by atoms with van der Waals surface area (Å²) in [6.07, 6.45) is -1.49. The van der Waals surface area contributed by atoms with Gasteiger partial charge in [-0.2, -0.15) is 0 Å². The normalized spacial score (nSPS) is 11.9. The van der Waals surface area contributed by atoms with Crippen LogP contribution in [0.4, 0.5) is 0 Å². The largest absolute Gasteiger partial charge is 0.479 e. The van der Waals surface area contributed by atoms with Gasteiger partial charge in [-0.1, -0.05) is 31.9 Å². The van der Waals surface area contributed by atoms with E-state index in [2.05, 4.69) is 37.2 Å². The summed E-state index contributed by atoms with van der Waals surface area (Å²) in [6, 6.07) is 5.09. The van der Waals surface area contributed by atoms with Crippen LogP contribution in [-0.2, 0) is 4.79 Å². The van der Waals surface area contributed by atoms with Crippen LogP contribution < -0.4 is 5.32 Å². The van der Waals surface area contributed by atoms with Crippen molar-refractivity contribution in [3.8, 4) is 0 Å². The molecule has 0 unspecified atom stereocenters. The first kappa shape index (κ1) is 15.1. The van der Waals surface area contributed by atoms with Crippen LogP contribution in [0.3, 0.4) is 0 Å². The molecular weight excluding hydrogens is 370 g/mol. The Morgan fingerprint density at radius 3 is 2.28 bits per heavy atom. The summed E-state index contributed by atoms with van der Waals surface area (Å²) in [6.45, 7) is 0.0937. The fourth-order valence-electron chi connectivity index (χ4n) is 1.23. The molecule has 18 heavy (non-hydrogen) atoms. The van der Waals surface area contributed by atoms with E-state index in [9.17, 15) is 9.59 Å². The maximum atomic E-state index is 11.7. The lowest BCUT2D eigenvalue weighted by Crippen LogP contribution is -2.30. The number of aliphatic hydroxyl groups is 1. The number of carbonyl (C=O) groups excluding carboxylic acids is 1. The number of amides is 1. The lowest BCUT2D eigenvalue weighted by Gasteiger charge is -2.08. The van der Waals surface area contributed by atoms with Gasteiger partial charge in [0.05, 0.1) is 0 Å². The number of carboxylic acids is 1. The third kappa shape index (κ3) is 4.75. The van der Waals surface area contributed by atoms with Crippen molar-refractivity contribution in [3.63, 3.8) is 0 Å². The van der Waals surface area contributed by atoms with Gasteiger partial charge in [-0.05, 0) is 18.2 Å². The van der Waals surface area contributed by atoms with Gasteiger partial charge in [0.25, 0.3) is 5.91 Å². The molecule has 1 rings (SSSR count). The van der Waals surface area contributed by atoms with Crippen molar-refractivity contribution >= 4 is 43.7 Å². The molecule has 0 aliphatic carbocycles. The fraction of sp³-hybridized carbons (Fsp3) is 0.273. The number of halogens is 2. The van der Waals surface area contributed by atoms with E-state index in [0.717, 1.165) is 8.95 Å². The SMILES string of the molecule is O=C(NCC[C@H](O)C(=O)O)c1cc(Br)cc(Br)c1. The summed E-state index contributed by atoms with van der Waals surface area (Å²) in [5.74, 6) is -1.62. The van der Waals surface area contributed by atoms with Gasteiger partial charge in [-0.25, -0.2) is 4.79 Å². The average molecular weight is 381 g/mol. The molecular formula is C11H11Br2NO4. The quantitative estimate of drug-likeness (QED) is 0.726. The number of hydrogen-bond donors (Lipinski definition) is 3. The minimum absolute atomic E-state index is 0.0315. The summed E-state index contributed by atoms with van der Waals surface area (Å²) in [7, 11) is 0. The highest BCUT2D eigenvalue weighted by Gasteiger charge is 2.13. The Balaban J connectivity index is 2.53. The van der Waals surface area contributed by atoms with Crippen LogP contribution in [0.5, 0.6) is 0 Å². The van der Waals surface area contributed by atoms with Crippen LogP contribution in [0.15, 0.2) is 27.1 Å². The average Bonchev–Trinajstić information content (AvgIpc) is 2.27. The molecule has 3 N–H and O–H groups in total. The molecule has 1 atom stereocenters. The van der Waals surface area contributed by atoms with Gasteiger partial charge >= 0.3 is 5.97 Å². The first-order valence-electron chi connectivity index (χ1n) is 5.05. The third-order valence-electron chi connectivity index (χ3n) is 2.11. The van der Waals surface area contributed by atoms with Crippen LogP contribution in [0.2, 0.25) is 0 Å². The predicted octanol–water partition coefficient (Wildman–Crippen LogP) is 1.78. The van der Waals surface area contributed by atoms with Crippen molar-refractivity contribution in [2.24, 2.45) is 0 Å². The molecule has 1 amide bonds. The van der Waals surface area contributed by atoms with Crippen molar-refractivity contribution in [1.82, 2.24) is 5.32 Å². The number of aliphatic carboxylic acids is 1. The molecule has 1 aromatic carbocycles. The highest BCUT2D eigenvalue weighted by Crippen LogP contribution is 2.19. The predicted molar refractivity (Wildman–Crippen MR) is 72.4 cm³/mol. The number of aliphatic hydroxyl groups excluding tert-OH is 1. The molecule has 1 aromatic rings. The molecule has 0 aliphatic heterocycles. The maximum absolute atomic E-state index is 11.7. The monoisotopic (exact) mass is 379 g/mol. The van der Waals surface area contributed by atoms with Gasteiger partial charge < -0.3 is 15.5 Å². The van der Waals surface area contributed by atoms with Crippen molar-refractivity contribution in [1.29, 1.82) is 0 Å². The highest BCUT2D eigenvalue weighted by atomic mass is 79.9. The molecule has 0 aliphatic rings. The number of carbonyl (C=O) groups is 2. The van der Waals surface area contributed by atoms with Crippen LogP contribution in [0.25, 0.3) is 0 Å². The zero-order valence-electron chi connectivity index (χ0n) is 9.19. The number of hydrogen-bond acceptors (Lipinski definition) is 3. The number of nitrogens with one attached hydrogen (secondary N) is 1. The molecule has 0 fully saturated rings. The second-order valence-corrected chi connectivity index (χ2v) is 5.39. The molecule has 0 heterocycles. The molecule has 0 saturated heterocycles. The zero-order chi connectivity index (χ0) is 13.7. The Labute approximate surface area is 120 Å². The van der Waals surface area contributed by atoms with E-state index in [0.29, 0.717) is 5.56 Å². The first-order chi connectivity index (χ1) is 8.40. The summed E-state index contributed by atoms with van der Waals surface area (Å²) in [5.41, 5.74) is 0.445. The Kier molecular flexibility index (Phi) is 5.77. The van der Waals surface area contributed by atoms with E-state index >= 15 is 0 Å². The van der Waals surface area contributed by atoms with Crippen molar-refractivity contribution in [3.05, 3.63) is 32.7 Å². The van der Waals surface area contributed by atoms with Crippen LogP contribution in [-0.4, -0.2) is 34.7 Å². The molecule has 0 saturated carbocycles. The molecule has 0 bridgehead atoms. The minimum atomic E-state index is -1.46. The number of benzene rings is 1. The van der Waals surface area contributed by atoms with Crippen molar-refractivity contribution in [2.45, 2.75) is 12.5 Å². The Bertz CT molecular complexity index is 444. The summed E-state index contributed by atoms with van der Waals surface area (Å²) < 4.78 is 1.51. The van der Waals surface area contributed by atoms with Crippen LogP contribution in [0.1, 0.15) is 16.8 Å². The molecule has 0 aromatic heterocycles. The van der Waals surface area contributed by atoms with Crippen LogP contribution >= 0.6 is 31.9 Å². The molecule has 0 radical (unpaired) electrons. The van der Waals surface area contributed by atoms with Gasteiger partial charge in [0, 0.05) is 27.5 Å². The number of rotatable bonds is 5. The van der Waals surface area contributed by atoms with E-state index < -0.39 is 12.1 Å². The fourth-order valence-corrected chi connectivity index (χ4v) is 2.53. The number of carboxylic acid groups (broad SMARTS) is 1. The third-order valence-corrected chi connectivity index (χ3v) is 3.03. The topological polar surface area (TPSA) is 86.6 Å². The van der Waals surface area contributed by atoms with Crippen LogP contribution in [0, 0.1) is 0 Å². The van der Waals surface area contributed by atoms with Crippen molar-refractivity contribution < 1.29 is 19.8 Å². The second kappa shape index (κ2) is 6.86. The molecule has 5 nitrogen and oxygen atoms in total. The molecule has 98 valence electrons. The lowest BCUT2D eigenvalue weighted by atomic mass is 10.2. The summed E-state index contributed by atoms with van der Waals surface area (Å²) >= 11 is 6.53. The Hall–Kier alpha value is -0.920. The van der Waals surface area contributed by atoms with E-state index in [-0.39, 0.29) is 18.9 Å². The second-order valence-electron chi connectivity index (χ2n) is 3.56. The van der Waals surface area contributed by atoms with E-state index in [1.807, 2.05) is 0 Å². The lowest BCUT2D eigenvalue weighted by molar-refractivity contribution is -0.146. The molecule has 0 spiro atoms. The standard InChI is InChI=1S/C11H11Br2NO4/c12-7-3-6(4-8(13)5-7)10(16)14-2-1-9(15)11(17)18/h3-5,9,15H,1-2H2,(H,14,16)(H,17,18)/t9-/m0/s1. The van der Waals surface area contributed by atoms with Gasteiger partial charge in [-0.3, -0.25) is 4.79 Å². The Morgan fingerprint density at radius 2 is 1.78 bits per heavy atom. The van der Waals surface area contributed by atoms with Gasteiger partial charge in [-0.15, -0.1) is 0 Å². The first-order valence-corrected chi connectivity index (χ1v) is 6.64. The summed E-state index contributed by atoms with van der Waals surface area (Å²) in [4.78, 5) is 22.1. The minimum Gasteiger partial charge on any atom is -0.479 e. The van der Waals surface area contributed by atoms with E-state index in [1.165, 1.54) is 0 Å². The Morgan fingerprint density at radius 1 is 1.22 bits per heavy atom.